The van der Waals surface area contributed by atoms with E-state index in [9.17, 15) is 0 Å². The maximum atomic E-state index is 6.06. The number of nitrogens with two attached hydrogens (primary N) is 1. The summed E-state index contributed by atoms with van der Waals surface area (Å²) in [6, 6.07) is 6.03. The number of pyridine rings is 2. The topological polar surface area (TPSA) is 80.0 Å². The molecule has 3 aromatic rings. The second-order valence-corrected chi connectivity index (χ2v) is 8.07. The van der Waals surface area contributed by atoms with E-state index < -0.39 is 0 Å². The van der Waals surface area contributed by atoms with Gasteiger partial charge in [0.25, 0.3) is 0 Å². The van der Waals surface area contributed by atoms with E-state index >= 15 is 0 Å². The van der Waals surface area contributed by atoms with Crippen molar-refractivity contribution >= 4 is 22.8 Å². The van der Waals surface area contributed by atoms with Gasteiger partial charge in [-0.05, 0) is 56.7 Å². The fourth-order valence-electron chi connectivity index (χ4n) is 3.31. The van der Waals surface area contributed by atoms with Gasteiger partial charge in [0.15, 0.2) is 0 Å². The highest BCUT2D eigenvalue weighted by Crippen LogP contribution is 2.35. The number of nitrogen functional groups attached to an aromatic ring is 1. The Morgan fingerprint density at radius 3 is 2.74 bits per heavy atom. The summed E-state index contributed by atoms with van der Waals surface area (Å²) in [5.41, 5.74) is 9.11. The van der Waals surface area contributed by atoms with E-state index in [0.29, 0.717) is 18.3 Å². The van der Waals surface area contributed by atoms with Gasteiger partial charge in [0.1, 0.15) is 5.82 Å². The maximum Gasteiger partial charge on any atom is 0.146 e. The predicted molar refractivity (Wildman–Crippen MR) is 111 cm³/mol. The molecule has 1 saturated heterocycles. The summed E-state index contributed by atoms with van der Waals surface area (Å²) < 4.78 is 0. The number of likely N-dealkylation sites (tertiary alicyclic amines) is 1. The first-order valence-corrected chi connectivity index (χ1v) is 10.0. The summed E-state index contributed by atoms with van der Waals surface area (Å²) in [7, 11) is 2.18. The van der Waals surface area contributed by atoms with E-state index in [2.05, 4.69) is 33.3 Å². The first-order chi connectivity index (χ1) is 13.2. The molecule has 1 aliphatic rings. The molecule has 0 atom stereocenters. The highest BCUT2D eigenvalue weighted by atomic mass is 32.1. The van der Waals surface area contributed by atoms with Crippen LogP contribution in [0.1, 0.15) is 29.3 Å². The Hall–Kier alpha value is -2.51. The van der Waals surface area contributed by atoms with Gasteiger partial charge in [-0.1, -0.05) is 0 Å². The monoisotopic (exact) mass is 380 g/mol. The SMILES string of the molecule is CN1CCC(c2ncc(-c3cnc(N)c(NCc4ccncc4)c3)s2)CC1. The van der Waals surface area contributed by atoms with Crippen molar-refractivity contribution in [2.24, 2.45) is 0 Å². The van der Waals surface area contributed by atoms with E-state index in [-0.39, 0.29) is 0 Å². The number of nitrogens with one attached hydrogen (secondary N) is 1. The summed E-state index contributed by atoms with van der Waals surface area (Å²) in [5, 5.41) is 4.62. The summed E-state index contributed by atoms with van der Waals surface area (Å²) in [6.45, 7) is 2.97. The normalized spacial score (nSPS) is 15.7. The molecule has 0 aromatic carbocycles. The number of nitrogens with zero attached hydrogens (tertiary/aromatic N) is 4. The van der Waals surface area contributed by atoms with E-state index in [1.54, 1.807) is 23.7 Å². The Morgan fingerprint density at radius 2 is 1.96 bits per heavy atom. The fraction of sp³-hybridized carbons (Fsp3) is 0.350. The van der Waals surface area contributed by atoms with Gasteiger partial charge in [-0.15, -0.1) is 11.3 Å². The highest BCUT2D eigenvalue weighted by Gasteiger charge is 2.21. The van der Waals surface area contributed by atoms with Crippen LogP contribution in [0.15, 0.2) is 43.0 Å². The third-order valence-electron chi connectivity index (χ3n) is 5.03. The molecule has 0 radical (unpaired) electrons. The number of aromatic nitrogens is 3. The molecule has 4 heterocycles. The van der Waals surface area contributed by atoms with Gasteiger partial charge in [0, 0.05) is 42.8 Å². The number of hydrogen-bond acceptors (Lipinski definition) is 7. The lowest BCUT2D eigenvalue weighted by Gasteiger charge is -2.27. The average Bonchev–Trinajstić information content (AvgIpc) is 3.19. The number of hydrogen-bond donors (Lipinski definition) is 2. The maximum absolute atomic E-state index is 6.06. The van der Waals surface area contributed by atoms with E-state index in [1.807, 2.05) is 24.5 Å². The quantitative estimate of drug-likeness (QED) is 0.704. The third-order valence-corrected chi connectivity index (χ3v) is 6.24. The molecule has 0 spiro atoms. The van der Waals surface area contributed by atoms with Gasteiger partial charge in [-0.3, -0.25) is 4.98 Å². The zero-order valence-electron chi connectivity index (χ0n) is 15.4. The number of piperidine rings is 1. The van der Waals surface area contributed by atoms with Crippen LogP contribution in [0.2, 0.25) is 0 Å². The number of thiazole rings is 1. The average molecular weight is 381 g/mol. The lowest BCUT2D eigenvalue weighted by atomic mass is 9.98. The van der Waals surface area contributed by atoms with Crippen molar-refractivity contribution in [2.45, 2.75) is 25.3 Å². The Kier molecular flexibility index (Phi) is 5.31. The van der Waals surface area contributed by atoms with E-state index in [1.165, 1.54) is 17.8 Å². The number of rotatable bonds is 5. The van der Waals surface area contributed by atoms with Gasteiger partial charge in [0.05, 0.1) is 15.6 Å². The van der Waals surface area contributed by atoms with Crippen LogP contribution in [0, 0.1) is 0 Å². The van der Waals surface area contributed by atoms with Gasteiger partial charge < -0.3 is 16.0 Å². The molecule has 4 rings (SSSR count). The largest absolute Gasteiger partial charge is 0.382 e. The molecular formula is C20H24N6S. The fourth-order valence-corrected chi connectivity index (χ4v) is 4.38. The van der Waals surface area contributed by atoms with Crippen molar-refractivity contribution in [3.63, 3.8) is 0 Å². The van der Waals surface area contributed by atoms with Crippen LogP contribution in [0.4, 0.5) is 11.5 Å². The summed E-state index contributed by atoms with van der Waals surface area (Å²) >= 11 is 1.78. The van der Waals surface area contributed by atoms with E-state index in [0.717, 1.165) is 34.8 Å². The molecule has 0 saturated carbocycles. The Morgan fingerprint density at radius 1 is 1.19 bits per heavy atom. The first-order valence-electron chi connectivity index (χ1n) is 9.22. The molecule has 3 N–H and O–H groups in total. The second kappa shape index (κ2) is 8.02. The zero-order chi connectivity index (χ0) is 18.6. The molecule has 140 valence electrons. The molecule has 3 aromatic heterocycles. The van der Waals surface area contributed by atoms with Crippen molar-refractivity contribution in [3.05, 3.63) is 53.6 Å². The summed E-state index contributed by atoms with van der Waals surface area (Å²) in [4.78, 5) is 16.6. The molecule has 0 bridgehead atoms. The van der Waals surface area contributed by atoms with Crippen LogP contribution < -0.4 is 11.1 Å². The van der Waals surface area contributed by atoms with Crippen LogP contribution in [0.3, 0.4) is 0 Å². The van der Waals surface area contributed by atoms with Crippen molar-refractivity contribution < 1.29 is 0 Å². The highest BCUT2D eigenvalue weighted by molar-refractivity contribution is 7.15. The molecule has 1 aliphatic heterocycles. The molecular weight excluding hydrogens is 356 g/mol. The van der Waals surface area contributed by atoms with Crippen molar-refractivity contribution in [2.75, 3.05) is 31.2 Å². The molecule has 0 aliphatic carbocycles. The Labute approximate surface area is 163 Å². The van der Waals surface area contributed by atoms with Crippen LogP contribution in [0.25, 0.3) is 10.4 Å². The van der Waals surface area contributed by atoms with Crippen LogP contribution in [-0.4, -0.2) is 40.0 Å². The van der Waals surface area contributed by atoms with Gasteiger partial charge in [0.2, 0.25) is 0 Å². The third kappa shape index (κ3) is 4.26. The summed E-state index contributed by atoms with van der Waals surface area (Å²) in [5.74, 6) is 1.08. The minimum Gasteiger partial charge on any atom is -0.382 e. The van der Waals surface area contributed by atoms with Crippen LogP contribution >= 0.6 is 11.3 Å². The molecule has 0 amide bonds. The predicted octanol–water partition coefficient (Wildman–Crippen LogP) is 3.60. The van der Waals surface area contributed by atoms with Gasteiger partial charge >= 0.3 is 0 Å². The standard InChI is InChI=1S/C20H24N6S/c1-26-8-4-15(5-9-26)20-25-13-18(27-20)16-10-17(19(21)24-12-16)23-11-14-2-6-22-7-3-14/h2-3,6-7,10,12-13,15,23H,4-5,8-9,11H2,1H3,(H2,21,24). The van der Waals surface area contributed by atoms with Crippen molar-refractivity contribution in [1.29, 1.82) is 0 Å². The van der Waals surface area contributed by atoms with Crippen molar-refractivity contribution in [1.82, 2.24) is 19.9 Å². The minimum absolute atomic E-state index is 0.507. The number of anilines is 2. The molecule has 27 heavy (non-hydrogen) atoms. The smallest absolute Gasteiger partial charge is 0.146 e. The zero-order valence-corrected chi connectivity index (χ0v) is 16.2. The van der Waals surface area contributed by atoms with Crippen LogP contribution in [-0.2, 0) is 6.54 Å². The summed E-state index contributed by atoms with van der Waals surface area (Å²) in [6.07, 6.45) is 9.75. The lowest BCUT2D eigenvalue weighted by Crippen LogP contribution is -2.29. The van der Waals surface area contributed by atoms with Gasteiger partial charge in [-0.2, -0.15) is 0 Å². The van der Waals surface area contributed by atoms with Gasteiger partial charge in [-0.25, -0.2) is 9.97 Å². The molecule has 7 heteroatoms. The minimum atomic E-state index is 0.507. The lowest BCUT2D eigenvalue weighted by molar-refractivity contribution is 0.255. The second-order valence-electron chi connectivity index (χ2n) is 7.01. The Balaban J connectivity index is 1.49. The van der Waals surface area contributed by atoms with Crippen molar-refractivity contribution in [3.8, 4) is 10.4 Å². The Bertz CT molecular complexity index is 886. The molecule has 6 nitrogen and oxygen atoms in total. The van der Waals surface area contributed by atoms with Crippen LogP contribution in [0.5, 0.6) is 0 Å². The van der Waals surface area contributed by atoms with E-state index in [4.69, 9.17) is 10.7 Å². The molecule has 0 unspecified atom stereocenters. The first kappa shape index (κ1) is 17.9. The molecule has 1 fully saturated rings.